The molecule has 1 N–H and O–H groups in total. The van der Waals surface area contributed by atoms with Gasteiger partial charge in [0.05, 0.1) is 5.41 Å². The highest BCUT2D eigenvalue weighted by atomic mass is 16.2. The number of benzene rings is 1. The Bertz CT molecular complexity index is 560. The third kappa shape index (κ3) is 1.99. The lowest BCUT2D eigenvalue weighted by atomic mass is 9.76. The number of carbonyl (C=O) groups is 1. The van der Waals surface area contributed by atoms with Crippen molar-refractivity contribution in [3.8, 4) is 0 Å². The summed E-state index contributed by atoms with van der Waals surface area (Å²) in [5.74, 6) is 1.21. The van der Waals surface area contributed by atoms with E-state index in [0.29, 0.717) is 11.8 Å². The van der Waals surface area contributed by atoms with Crippen LogP contribution in [0.25, 0.3) is 0 Å². The predicted octanol–water partition coefficient (Wildman–Crippen LogP) is 3.84. The molecule has 1 amide bonds. The van der Waals surface area contributed by atoms with Gasteiger partial charge in [0.1, 0.15) is 0 Å². The van der Waals surface area contributed by atoms with Crippen LogP contribution < -0.4 is 5.32 Å². The zero-order chi connectivity index (χ0) is 13.6. The summed E-state index contributed by atoms with van der Waals surface area (Å²) in [5.41, 5.74) is 3.08. The van der Waals surface area contributed by atoms with Gasteiger partial charge in [0, 0.05) is 5.69 Å². The van der Waals surface area contributed by atoms with Gasteiger partial charge in [-0.25, -0.2) is 0 Å². The zero-order valence-corrected chi connectivity index (χ0v) is 11.9. The molecular formula is C17H21NO. The summed E-state index contributed by atoms with van der Waals surface area (Å²) in [6.45, 7) is 6.23. The maximum Gasteiger partial charge on any atom is 0.230 e. The van der Waals surface area contributed by atoms with Gasteiger partial charge in [0.25, 0.3) is 0 Å². The van der Waals surface area contributed by atoms with Gasteiger partial charge in [-0.15, -0.1) is 0 Å². The van der Waals surface area contributed by atoms with Gasteiger partial charge in [0.15, 0.2) is 0 Å². The predicted molar refractivity (Wildman–Crippen MR) is 78.0 cm³/mol. The van der Waals surface area contributed by atoms with Gasteiger partial charge in [-0.2, -0.15) is 0 Å². The summed E-state index contributed by atoms with van der Waals surface area (Å²) < 4.78 is 0. The summed E-state index contributed by atoms with van der Waals surface area (Å²) in [6.07, 6.45) is 6.65. The van der Waals surface area contributed by atoms with Crippen LogP contribution in [-0.2, 0) is 4.79 Å². The number of allylic oxidation sites excluding steroid dienone is 2. The number of rotatable bonds is 2. The van der Waals surface area contributed by atoms with E-state index in [1.165, 1.54) is 5.56 Å². The molecule has 100 valence electrons. The Balaban J connectivity index is 1.80. The average Bonchev–Trinajstić information content (AvgIpc) is 2.93. The van der Waals surface area contributed by atoms with Crippen molar-refractivity contribution in [2.45, 2.75) is 33.6 Å². The van der Waals surface area contributed by atoms with Crippen molar-refractivity contribution in [1.29, 1.82) is 0 Å². The molecule has 0 saturated heterocycles. The topological polar surface area (TPSA) is 29.1 Å². The molecule has 19 heavy (non-hydrogen) atoms. The van der Waals surface area contributed by atoms with Gasteiger partial charge in [-0.1, -0.05) is 36.8 Å². The summed E-state index contributed by atoms with van der Waals surface area (Å²) in [7, 11) is 0. The first kappa shape index (κ1) is 12.5. The third-order valence-corrected chi connectivity index (χ3v) is 4.83. The molecule has 2 nitrogen and oxygen atoms in total. The van der Waals surface area contributed by atoms with Crippen LogP contribution in [0.4, 0.5) is 5.69 Å². The van der Waals surface area contributed by atoms with Gasteiger partial charge in [0.2, 0.25) is 5.91 Å². The molecule has 1 saturated carbocycles. The van der Waals surface area contributed by atoms with Gasteiger partial charge in [-0.3, -0.25) is 4.79 Å². The number of carbonyl (C=O) groups excluding carboxylic acids is 1. The molecule has 0 unspecified atom stereocenters. The standard InChI is InChI=1S/C17H21NO/c1-11-4-7-15(12(2)8-11)18-16(19)17(3)10-13-5-6-14(17)9-13/h4-8,13-14H,9-10H2,1-3H3,(H,18,19)/t13-,14-,17+/m0/s1. The first-order valence-corrected chi connectivity index (χ1v) is 7.06. The van der Waals surface area contributed by atoms with Crippen molar-refractivity contribution in [1.82, 2.24) is 0 Å². The van der Waals surface area contributed by atoms with Crippen molar-refractivity contribution in [3.05, 3.63) is 41.5 Å². The Kier molecular flexibility index (Phi) is 2.77. The molecule has 1 aromatic carbocycles. The van der Waals surface area contributed by atoms with Crippen LogP contribution in [0.2, 0.25) is 0 Å². The minimum atomic E-state index is -0.225. The number of aryl methyl sites for hydroxylation is 2. The fourth-order valence-corrected chi connectivity index (χ4v) is 3.57. The van der Waals surface area contributed by atoms with E-state index < -0.39 is 0 Å². The van der Waals surface area contributed by atoms with E-state index in [0.717, 1.165) is 24.1 Å². The fourth-order valence-electron chi connectivity index (χ4n) is 3.57. The second-order valence-corrected chi connectivity index (χ2v) is 6.38. The van der Waals surface area contributed by atoms with Crippen molar-refractivity contribution >= 4 is 11.6 Å². The van der Waals surface area contributed by atoms with E-state index in [4.69, 9.17) is 0 Å². The molecule has 0 spiro atoms. The minimum Gasteiger partial charge on any atom is -0.325 e. The van der Waals surface area contributed by atoms with E-state index in [2.05, 4.69) is 37.4 Å². The molecular weight excluding hydrogens is 234 g/mol. The van der Waals surface area contributed by atoms with Crippen LogP contribution in [0.3, 0.4) is 0 Å². The third-order valence-electron chi connectivity index (χ3n) is 4.83. The molecule has 2 aliphatic carbocycles. The number of nitrogens with one attached hydrogen (secondary N) is 1. The molecule has 0 aromatic heterocycles. The Morgan fingerprint density at radius 3 is 2.68 bits per heavy atom. The molecule has 2 aliphatic rings. The monoisotopic (exact) mass is 255 g/mol. The molecule has 1 aromatic rings. The Morgan fingerprint density at radius 2 is 2.11 bits per heavy atom. The number of fused-ring (bicyclic) bond motifs is 2. The van der Waals surface area contributed by atoms with E-state index in [1.807, 2.05) is 19.1 Å². The highest BCUT2D eigenvalue weighted by Crippen LogP contribution is 2.52. The Morgan fingerprint density at radius 1 is 1.32 bits per heavy atom. The highest BCUT2D eigenvalue weighted by Gasteiger charge is 2.49. The first-order chi connectivity index (χ1) is 8.99. The average molecular weight is 255 g/mol. The van der Waals surface area contributed by atoms with Gasteiger partial charge in [-0.05, 0) is 50.2 Å². The maximum absolute atomic E-state index is 12.6. The maximum atomic E-state index is 12.6. The lowest BCUT2D eigenvalue weighted by Crippen LogP contribution is -2.37. The normalized spacial score (nSPS) is 31.7. The molecule has 0 heterocycles. The molecule has 2 bridgehead atoms. The van der Waals surface area contributed by atoms with Crippen LogP contribution in [0, 0.1) is 31.1 Å². The minimum absolute atomic E-state index is 0.177. The molecule has 0 aliphatic heterocycles. The second-order valence-electron chi connectivity index (χ2n) is 6.38. The summed E-state index contributed by atoms with van der Waals surface area (Å²) in [5, 5.41) is 3.13. The lowest BCUT2D eigenvalue weighted by Gasteiger charge is -2.30. The van der Waals surface area contributed by atoms with Gasteiger partial charge >= 0.3 is 0 Å². The van der Waals surface area contributed by atoms with Crippen molar-refractivity contribution in [2.24, 2.45) is 17.3 Å². The highest BCUT2D eigenvalue weighted by molar-refractivity contribution is 5.96. The fraction of sp³-hybridized carbons (Fsp3) is 0.471. The molecule has 3 atom stereocenters. The number of hydrogen-bond acceptors (Lipinski definition) is 1. The van der Waals surface area contributed by atoms with Crippen molar-refractivity contribution in [3.63, 3.8) is 0 Å². The van der Waals surface area contributed by atoms with Crippen LogP contribution in [0.5, 0.6) is 0 Å². The van der Waals surface area contributed by atoms with Crippen LogP contribution >= 0.6 is 0 Å². The number of amides is 1. The summed E-state index contributed by atoms with van der Waals surface area (Å²) in [6, 6.07) is 6.17. The van der Waals surface area contributed by atoms with Crippen molar-refractivity contribution < 1.29 is 4.79 Å². The largest absolute Gasteiger partial charge is 0.325 e. The van der Waals surface area contributed by atoms with Crippen LogP contribution in [0.15, 0.2) is 30.4 Å². The molecule has 2 heteroatoms. The Labute approximate surface area is 114 Å². The van der Waals surface area contributed by atoms with Crippen LogP contribution in [-0.4, -0.2) is 5.91 Å². The zero-order valence-electron chi connectivity index (χ0n) is 11.9. The van der Waals surface area contributed by atoms with E-state index >= 15 is 0 Å². The number of anilines is 1. The van der Waals surface area contributed by atoms with E-state index in [-0.39, 0.29) is 11.3 Å². The Hall–Kier alpha value is -1.57. The SMILES string of the molecule is Cc1ccc(NC(=O)[C@]2(C)C[C@H]3C=C[C@H]2C3)c(C)c1. The molecule has 1 fully saturated rings. The number of hydrogen-bond donors (Lipinski definition) is 1. The lowest BCUT2D eigenvalue weighted by molar-refractivity contribution is -0.126. The van der Waals surface area contributed by atoms with E-state index in [1.54, 1.807) is 0 Å². The van der Waals surface area contributed by atoms with Crippen molar-refractivity contribution in [2.75, 3.05) is 5.32 Å². The summed E-state index contributed by atoms with van der Waals surface area (Å²) >= 11 is 0. The van der Waals surface area contributed by atoms with E-state index in [9.17, 15) is 4.79 Å². The second kappa shape index (κ2) is 4.22. The quantitative estimate of drug-likeness (QED) is 0.799. The smallest absolute Gasteiger partial charge is 0.230 e. The van der Waals surface area contributed by atoms with Gasteiger partial charge < -0.3 is 5.32 Å². The van der Waals surface area contributed by atoms with Crippen LogP contribution in [0.1, 0.15) is 30.9 Å². The molecule has 0 radical (unpaired) electrons. The molecule has 3 rings (SSSR count). The first-order valence-electron chi connectivity index (χ1n) is 7.06. The summed E-state index contributed by atoms with van der Waals surface area (Å²) in [4.78, 5) is 12.6.